The highest BCUT2D eigenvalue weighted by molar-refractivity contribution is 5.99. The van der Waals surface area contributed by atoms with E-state index in [0.717, 1.165) is 21.4 Å². The highest BCUT2D eigenvalue weighted by Crippen LogP contribution is 2.44. The summed E-state index contributed by atoms with van der Waals surface area (Å²) in [6.45, 7) is 3.90. The van der Waals surface area contributed by atoms with Crippen LogP contribution in [-0.4, -0.2) is 21.9 Å². The minimum atomic E-state index is -4.54. The lowest BCUT2D eigenvalue weighted by Gasteiger charge is -2.35. The second kappa shape index (κ2) is 10.8. The largest absolute Gasteiger partial charge is 0.410 e. The number of nitrogens with zero attached hydrogens (tertiary/aromatic N) is 2. The van der Waals surface area contributed by atoms with Crippen molar-refractivity contribution in [2.24, 2.45) is 0 Å². The zero-order valence-corrected chi connectivity index (χ0v) is 22.2. The van der Waals surface area contributed by atoms with Gasteiger partial charge in [0.15, 0.2) is 6.04 Å². The molecule has 9 heteroatoms. The van der Waals surface area contributed by atoms with E-state index in [1.54, 1.807) is 42.5 Å². The first kappa shape index (κ1) is 27.4. The van der Waals surface area contributed by atoms with Crippen molar-refractivity contribution >= 4 is 11.7 Å². The fourth-order valence-corrected chi connectivity index (χ4v) is 5.46. The van der Waals surface area contributed by atoms with Crippen LogP contribution in [0.15, 0.2) is 85.1 Å². The van der Waals surface area contributed by atoms with Crippen LogP contribution >= 0.6 is 0 Å². The number of alkyl halides is 3. The lowest BCUT2D eigenvalue weighted by molar-refractivity contribution is -0.173. The van der Waals surface area contributed by atoms with E-state index in [0.29, 0.717) is 18.4 Å². The molecule has 208 valence electrons. The van der Waals surface area contributed by atoms with Gasteiger partial charge in [-0.2, -0.15) is 18.3 Å². The van der Waals surface area contributed by atoms with Gasteiger partial charge in [0, 0.05) is 6.42 Å². The zero-order valence-electron chi connectivity index (χ0n) is 22.2. The summed E-state index contributed by atoms with van der Waals surface area (Å²) in [7, 11) is 0. The number of carbonyl (C=O) groups is 1. The van der Waals surface area contributed by atoms with Gasteiger partial charge in [0.1, 0.15) is 17.2 Å². The van der Waals surface area contributed by atoms with Crippen molar-refractivity contribution in [1.29, 1.82) is 0 Å². The molecular formula is C31H30F4N4O. The van der Waals surface area contributed by atoms with Crippen molar-refractivity contribution in [3.05, 3.63) is 108 Å². The molecule has 3 aromatic carbocycles. The molecule has 5 nitrogen and oxygen atoms in total. The summed E-state index contributed by atoms with van der Waals surface area (Å²) in [5, 5.41) is 10.3. The molecule has 0 radical (unpaired) electrons. The van der Waals surface area contributed by atoms with Gasteiger partial charge in [-0.3, -0.25) is 4.79 Å². The van der Waals surface area contributed by atoms with Crippen LogP contribution in [0.4, 0.5) is 23.4 Å². The molecule has 0 aliphatic carbocycles. The number of hydrogen-bond acceptors (Lipinski definition) is 3. The van der Waals surface area contributed by atoms with Gasteiger partial charge in [-0.05, 0) is 53.3 Å². The predicted molar refractivity (Wildman–Crippen MR) is 146 cm³/mol. The smallest absolute Gasteiger partial charge is 0.363 e. The van der Waals surface area contributed by atoms with Crippen LogP contribution in [0.25, 0.3) is 11.1 Å². The van der Waals surface area contributed by atoms with Gasteiger partial charge in [0.25, 0.3) is 5.91 Å². The van der Waals surface area contributed by atoms with Crippen LogP contribution in [0.2, 0.25) is 0 Å². The van der Waals surface area contributed by atoms with E-state index in [1.807, 2.05) is 38.1 Å². The van der Waals surface area contributed by atoms with Gasteiger partial charge >= 0.3 is 6.18 Å². The van der Waals surface area contributed by atoms with Gasteiger partial charge in [-0.15, -0.1) is 0 Å². The van der Waals surface area contributed by atoms with Gasteiger partial charge in [0.2, 0.25) is 0 Å². The van der Waals surface area contributed by atoms with E-state index in [-0.39, 0.29) is 23.6 Å². The third-order valence-corrected chi connectivity index (χ3v) is 7.84. The summed E-state index contributed by atoms with van der Waals surface area (Å²) in [4.78, 5) is 13.7. The van der Waals surface area contributed by atoms with Crippen LogP contribution in [0.3, 0.4) is 0 Å². The van der Waals surface area contributed by atoms with E-state index in [1.165, 1.54) is 18.3 Å². The monoisotopic (exact) mass is 550 g/mol. The molecule has 1 aromatic heterocycles. The highest BCUT2D eigenvalue weighted by atomic mass is 19.4. The average molecular weight is 551 g/mol. The number of nitrogens with one attached hydrogen (secondary N) is 2. The third-order valence-electron chi connectivity index (χ3n) is 7.84. The quantitative estimate of drug-likeness (QED) is 0.231. The number of carbonyl (C=O) groups excluding carboxylic acids is 1. The Balaban J connectivity index is 1.49. The molecule has 2 heterocycles. The fraction of sp³-hybridized carbons (Fsp3) is 0.290. The number of aromatic nitrogens is 2. The van der Waals surface area contributed by atoms with Gasteiger partial charge in [-0.1, -0.05) is 74.5 Å². The SMILES string of the molecule is CCC(CC)(NC(=O)c1cnn2c1NC(c1ccccc1)CC2C(F)(F)F)c1cccc(-c2ccc(F)cc2)c1. The molecule has 40 heavy (non-hydrogen) atoms. The van der Waals surface area contributed by atoms with Crippen molar-refractivity contribution in [2.45, 2.75) is 56.9 Å². The molecule has 5 rings (SSSR count). The standard InChI is InChI=1S/C31H30F4N4O/c1-3-30(4-2,23-12-8-11-22(17-23)20-13-15-24(32)16-14-20)38-29(40)25-19-36-39-27(31(33,34)35)18-26(37-28(25)39)21-9-6-5-7-10-21/h5-17,19,26-27,37H,3-4,18H2,1-2H3,(H,38,40). The van der Waals surface area contributed by atoms with Gasteiger partial charge < -0.3 is 10.6 Å². The number of fused-ring (bicyclic) bond motifs is 1. The Labute approximate surface area is 230 Å². The molecule has 0 spiro atoms. The van der Waals surface area contributed by atoms with Crippen LogP contribution in [0.1, 0.15) is 66.7 Å². The van der Waals surface area contributed by atoms with Crippen molar-refractivity contribution in [1.82, 2.24) is 15.1 Å². The Kier molecular flexibility index (Phi) is 7.40. The molecule has 1 amide bonds. The number of amides is 1. The molecule has 0 saturated heterocycles. The number of halogens is 4. The first-order valence-corrected chi connectivity index (χ1v) is 13.3. The molecule has 1 aliphatic rings. The molecule has 2 N–H and O–H groups in total. The Morgan fingerprint density at radius 3 is 2.33 bits per heavy atom. The maximum Gasteiger partial charge on any atom is 0.410 e. The Morgan fingerprint density at radius 2 is 1.68 bits per heavy atom. The normalized spacial score (nSPS) is 17.1. The topological polar surface area (TPSA) is 59.0 Å². The first-order chi connectivity index (χ1) is 19.1. The molecule has 0 fully saturated rings. The Hall–Kier alpha value is -4.14. The van der Waals surface area contributed by atoms with E-state index in [4.69, 9.17) is 0 Å². The molecule has 4 aromatic rings. The lowest BCUT2D eigenvalue weighted by atomic mass is 9.83. The molecule has 2 atom stereocenters. The van der Waals surface area contributed by atoms with Crippen LogP contribution in [-0.2, 0) is 5.54 Å². The van der Waals surface area contributed by atoms with Crippen LogP contribution < -0.4 is 10.6 Å². The molecule has 2 unspecified atom stereocenters. The van der Waals surface area contributed by atoms with Crippen molar-refractivity contribution < 1.29 is 22.4 Å². The molecule has 0 saturated carbocycles. The van der Waals surface area contributed by atoms with Crippen molar-refractivity contribution in [2.75, 3.05) is 5.32 Å². The minimum absolute atomic E-state index is 0.0427. The summed E-state index contributed by atoms with van der Waals surface area (Å²) in [6, 6.07) is 20.2. The number of rotatable bonds is 7. The van der Waals surface area contributed by atoms with Crippen molar-refractivity contribution in [3.8, 4) is 11.1 Å². The predicted octanol–water partition coefficient (Wildman–Crippen LogP) is 7.79. The highest BCUT2D eigenvalue weighted by Gasteiger charge is 2.47. The summed E-state index contributed by atoms with van der Waals surface area (Å²) in [6.07, 6.45) is -2.50. The third kappa shape index (κ3) is 5.20. The summed E-state index contributed by atoms with van der Waals surface area (Å²) in [5.74, 6) is -0.801. The van der Waals surface area contributed by atoms with E-state index in [9.17, 15) is 22.4 Å². The molecular weight excluding hydrogens is 520 g/mol. The van der Waals surface area contributed by atoms with E-state index >= 15 is 0 Å². The average Bonchev–Trinajstić information content (AvgIpc) is 3.40. The Morgan fingerprint density at radius 1 is 0.975 bits per heavy atom. The molecule has 1 aliphatic heterocycles. The van der Waals surface area contributed by atoms with Crippen LogP contribution in [0, 0.1) is 5.82 Å². The summed E-state index contributed by atoms with van der Waals surface area (Å²) < 4.78 is 56.7. The maximum atomic E-state index is 14.1. The van der Waals surface area contributed by atoms with Gasteiger partial charge in [-0.25, -0.2) is 9.07 Å². The Bertz CT molecular complexity index is 1480. The second-order valence-corrected chi connectivity index (χ2v) is 10.1. The van der Waals surface area contributed by atoms with Crippen LogP contribution in [0.5, 0.6) is 0 Å². The zero-order chi connectivity index (χ0) is 28.5. The first-order valence-electron chi connectivity index (χ1n) is 13.3. The number of hydrogen-bond donors (Lipinski definition) is 2. The maximum absolute atomic E-state index is 14.1. The summed E-state index contributed by atoms with van der Waals surface area (Å²) >= 11 is 0. The minimum Gasteiger partial charge on any atom is -0.363 e. The molecule has 0 bridgehead atoms. The van der Waals surface area contributed by atoms with Crippen molar-refractivity contribution in [3.63, 3.8) is 0 Å². The number of benzene rings is 3. The fourth-order valence-electron chi connectivity index (χ4n) is 5.46. The number of anilines is 1. The van der Waals surface area contributed by atoms with E-state index in [2.05, 4.69) is 15.7 Å². The van der Waals surface area contributed by atoms with E-state index < -0.39 is 29.7 Å². The second-order valence-electron chi connectivity index (χ2n) is 10.1. The summed E-state index contributed by atoms with van der Waals surface area (Å²) in [5.41, 5.74) is 2.49. The van der Waals surface area contributed by atoms with Gasteiger partial charge in [0.05, 0.1) is 17.8 Å². The lowest BCUT2D eigenvalue weighted by Crippen LogP contribution is -2.45.